The van der Waals surface area contributed by atoms with Gasteiger partial charge in [-0.25, -0.2) is 0 Å². The third-order valence-corrected chi connectivity index (χ3v) is 6.65. The van der Waals surface area contributed by atoms with Gasteiger partial charge in [-0.2, -0.15) is 0 Å². The van der Waals surface area contributed by atoms with E-state index >= 15 is 0 Å². The van der Waals surface area contributed by atoms with Crippen molar-refractivity contribution >= 4 is 38.5 Å². The molecule has 2 aliphatic heterocycles. The van der Waals surface area contributed by atoms with Crippen molar-refractivity contribution in [1.82, 2.24) is 5.01 Å². The Morgan fingerprint density at radius 3 is 2.74 bits per heavy atom. The number of aliphatic imine (C=N–C) groups is 1. The Labute approximate surface area is 151 Å². The van der Waals surface area contributed by atoms with E-state index in [9.17, 15) is 0 Å². The molecule has 3 aliphatic rings. The van der Waals surface area contributed by atoms with Crippen LogP contribution in [0, 0.1) is 0 Å². The summed E-state index contributed by atoms with van der Waals surface area (Å²) in [5, 5.41) is 6.37. The summed E-state index contributed by atoms with van der Waals surface area (Å²) in [6.45, 7) is 3.26. The Hall–Kier alpha value is -0.680. The van der Waals surface area contributed by atoms with Crippen LogP contribution in [0.1, 0.15) is 57.1 Å². The van der Waals surface area contributed by atoms with Gasteiger partial charge in [-0.15, -0.1) is 0 Å². The molecule has 1 aromatic rings. The number of rotatable bonds is 2. The van der Waals surface area contributed by atoms with Crippen molar-refractivity contribution in [1.29, 1.82) is 0 Å². The van der Waals surface area contributed by atoms with E-state index in [4.69, 9.17) is 4.99 Å². The minimum absolute atomic E-state index is 0.435. The third kappa shape index (κ3) is 2.80. The number of thioether (sulfide) groups is 1. The van der Waals surface area contributed by atoms with Gasteiger partial charge in [0, 0.05) is 15.8 Å². The third-order valence-electron chi connectivity index (χ3n) is 5.20. The molecule has 1 aromatic carbocycles. The van der Waals surface area contributed by atoms with Crippen LogP contribution in [-0.2, 0) is 0 Å². The van der Waals surface area contributed by atoms with Gasteiger partial charge in [0.05, 0.1) is 24.3 Å². The summed E-state index contributed by atoms with van der Waals surface area (Å²) in [7, 11) is 0. The van der Waals surface area contributed by atoms with E-state index in [0.717, 1.165) is 18.7 Å². The molecule has 1 aliphatic carbocycles. The maximum Gasteiger partial charge on any atom is 0.178 e. The second-order valence-corrected chi connectivity index (χ2v) is 8.60. The summed E-state index contributed by atoms with van der Waals surface area (Å²) < 4.78 is 1.18. The molecule has 124 valence electrons. The smallest absolute Gasteiger partial charge is 0.178 e. The van der Waals surface area contributed by atoms with Gasteiger partial charge in [0.2, 0.25) is 0 Å². The van der Waals surface area contributed by atoms with E-state index in [0.29, 0.717) is 12.1 Å². The number of hydrazine groups is 1. The molecule has 4 rings (SSSR count). The fourth-order valence-corrected chi connectivity index (χ4v) is 5.42. The molecule has 0 N–H and O–H groups in total. The molecule has 23 heavy (non-hydrogen) atoms. The fraction of sp³-hybridized carbons (Fsp3) is 0.611. The van der Waals surface area contributed by atoms with Crippen LogP contribution in [-0.4, -0.2) is 28.5 Å². The van der Waals surface area contributed by atoms with Crippen molar-refractivity contribution in [3.63, 3.8) is 0 Å². The molecule has 0 radical (unpaired) electrons. The molecule has 1 atom stereocenters. The Balaban J connectivity index is 1.78. The summed E-state index contributed by atoms with van der Waals surface area (Å²) in [4.78, 5) is 4.82. The Kier molecular flexibility index (Phi) is 4.59. The Morgan fingerprint density at radius 1 is 1.22 bits per heavy atom. The van der Waals surface area contributed by atoms with Crippen molar-refractivity contribution in [2.75, 3.05) is 17.3 Å². The Morgan fingerprint density at radius 2 is 2.04 bits per heavy atom. The van der Waals surface area contributed by atoms with E-state index in [-0.39, 0.29) is 0 Å². The highest BCUT2D eigenvalue weighted by Gasteiger charge is 2.41. The topological polar surface area (TPSA) is 18.8 Å². The normalized spacial score (nSPS) is 25.0. The van der Waals surface area contributed by atoms with Crippen LogP contribution in [0.2, 0.25) is 0 Å². The van der Waals surface area contributed by atoms with Gasteiger partial charge < -0.3 is 0 Å². The lowest BCUT2D eigenvalue weighted by Gasteiger charge is -2.41. The number of hydrogen-bond acceptors (Lipinski definition) is 4. The first-order valence-corrected chi connectivity index (χ1v) is 10.6. The van der Waals surface area contributed by atoms with Crippen LogP contribution >= 0.6 is 27.7 Å². The second kappa shape index (κ2) is 6.67. The maximum atomic E-state index is 4.82. The maximum absolute atomic E-state index is 4.82. The predicted molar refractivity (Wildman–Crippen MR) is 103 cm³/mol. The largest absolute Gasteiger partial charge is 0.280 e. The zero-order valence-electron chi connectivity index (χ0n) is 13.7. The lowest BCUT2D eigenvalue weighted by molar-refractivity contribution is 0.260. The monoisotopic (exact) mass is 393 g/mol. The van der Waals surface area contributed by atoms with Gasteiger partial charge in [-0.1, -0.05) is 59.9 Å². The van der Waals surface area contributed by atoms with Gasteiger partial charge in [-0.05, 0) is 31.4 Å². The van der Waals surface area contributed by atoms with E-state index in [1.54, 1.807) is 0 Å². The highest BCUT2D eigenvalue weighted by atomic mass is 79.9. The van der Waals surface area contributed by atoms with Gasteiger partial charge in [0.25, 0.3) is 0 Å². The average Bonchev–Trinajstić information content (AvgIpc) is 3.20. The van der Waals surface area contributed by atoms with Crippen LogP contribution < -0.4 is 5.01 Å². The van der Waals surface area contributed by atoms with Crippen LogP contribution in [0.3, 0.4) is 0 Å². The first-order valence-electron chi connectivity index (χ1n) is 8.84. The number of halogens is 1. The van der Waals surface area contributed by atoms with Crippen LogP contribution in [0.25, 0.3) is 0 Å². The lowest BCUT2D eigenvalue weighted by Crippen LogP contribution is -2.49. The van der Waals surface area contributed by atoms with Crippen molar-refractivity contribution < 1.29 is 0 Å². The minimum atomic E-state index is 0.435. The fourth-order valence-electron chi connectivity index (χ4n) is 4.17. The number of hydrogen-bond donors (Lipinski definition) is 0. The van der Waals surface area contributed by atoms with Crippen molar-refractivity contribution in [2.24, 2.45) is 4.99 Å². The molecule has 1 fully saturated rings. The first-order chi connectivity index (χ1) is 11.3. The summed E-state index contributed by atoms with van der Waals surface area (Å²) in [5.74, 6) is 1.13. The Bertz CT molecular complexity index is 612. The minimum Gasteiger partial charge on any atom is -0.280 e. The number of fused-ring (bicyclic) bond motifs is 1. The molecule has 1 saturated carbocycles. The van der Waals surface area contributed by atoms with Gasteiger partial charge >= 0.3 is 0 Å². The molecule has 2 heterocycles. The molecular weight excluding hydrogens is 370 g/mol. The quantitative estimate of drug-likeness (QED) is 0.672. The van der Waals surface area contributed by atoms with Gasteiger partial charge in [0.1, 0.15) is 0 Å². The predicted octanol–water partition coefficient (Wildman–Crippen LogP) is 5.37. The summed E-state index contributed by atoms with van der Waals surface area (Å²) >= 11 is 5.60. The van der Waals surface area contributed by atoms with Crippen LogP contribution in [0.15, 0.2) is 27.7 Å². The summed E-state index contributed by atoms with van der Waals surface area (Å²) in [6, 6.07) is 7.87. The zero-order valence-corrected chi connectivity index (χ0v) is 16.1. The molecule has 0 bridgehead atoms. The van der Waals surface area contributed by atoms with Gasteiger partial charge in [-0.3, -0.25) is 15.0 Å². The van der Waals surface area contributed by atoms with E-state index in [1.807, 2.05) is 11.8 Å². The number of amidine groups is 1. The molecule has 0 saturated heterocycles. The lowest BCUT2D eigenvalue weighted by atomic mass is 9.94. The number of anilines is 1. The molecule has 0 aromatic heterocycles. The zero-order chi connectivity index (χ0) is 15.8. The molecule has 0 amide bonds. The van der Waals surface area contributed by atoms with E-state index in [1.165, 1.54) is 53.0 Å². The highest BCUT2D eigenvalue weighted by molar-refractivity contribution is 9.10. The SMILES string of the molecule is CCC1c2ccc(Br)cc2N(C2CCCCC2)N1C1=NCCS1. The van der Waals surface area contributed by atoms with Crippen molar-refractivity contribution in [3.8, 4) is 0 Å². The van der Waals surface area contributed by atoms with Crippen LogP contribution in [0.5, 0.6) is 0 Å². The molecule has 0 spiro atoms. The van der Waals surface area contributed by atoms with Crippen LogP contribution in [0.4, 0.5) is 5.69 Å². The summed E-state index contributed by atoms with van der Waals surface area (Å²) in [6.07, 6.45) is 7.83. The average molecular weight is 394 g/mol. The standard InChI is InChI=1S/C18H24BrN3S/c1-2-16-15-9-8-13(19)12-17(15)21(14-6-4-3-5-7-14)22(16)18-20-10-11-23-18/h8-9,12,14,16H,2-7,10-11H2,1H3. The number of benzene rings is 1. The second-order valence-electron chi connectivity index (χ2n) is 6.62. The first kappa shape index (κ1) is 15.8. The molecule has 3 nitrogen and oxygen atoms in total. The molecular formula is C18H24BrN3S. The van der Waals surface area contributed by atoms with Gasteiger partial charge in [0.15, 0.2) is 5.17 Å². The van der Waals surface area contributed by atoms with E-state index in [2.05, 4.69) is 51.1 Å². The number of nitrogens with zero attached hydrogens (tertiary/aromatic N) is 3. The highest BCUT2D eigenvalue weighted by Crippen LogP contribution is 2.47. The molecule has 1 unspecified atom stereocenters. The van der Waals surface area contributed by atoms with E-state index < -0.39 is 0 Å². The van der Waals surface area contributed by atoms with Crippen molar-refractivity contribution in [2.45, 2.75) is 57.5 Å². The summed E-state index contributed by atoms with van der Waals surface area (Å²) in [5.41, 5.74) is 2.87. The van der Waals surface area contributed by atoms with Crippen molar-refractivity contribution in [3.05, 3.63) is 28.2 Å². The molecule has 5 heteroatoms.